The van der Waals surface area contributed by atoms with Crippen molar-refractivity contribution in [2.24, 2.45) is 50.7 Å². The molecule has 4 saturated heterocycles. The minimum absolute atomic E-state index is 0.0347. The fourth-order valence-corrected chi connectivity index (χ4v) is 15.7. The zero-order valence-corrected chi connectivity index (χ0v) is 46.6. The van der Waals surface area contributed by atoms with Gasteiger partial charge in [0.2, 0.25) is 0 Å². The lowest BCUT2D eigenvalue weighted by Crippen LogP contribution is -2.65. The first kappa shape index (κ1) is 62.9. The molecule has 4 aliphatic carbocycles. The first-order chi connectivity index (χ1) is 36.4. The second kappa shape index (κ2) is 23.7. The van der Waals surface area contributed by atoms with Crippen LogP contribution in [0.25, 0.3) is 0 Å². The third-order valence-electron chi connectivity index (χ3n) is 21.0. The summed E-state index contributed by atoms with van der Waals surface area (Å²) in [5.41, 5.74) is -0.881. The molecule has 0 aromatic rings. The number of fused-ring (bicyclic) bond motifs is 5. The maximum atomic E-state index is 12.7. The lowest BCUT2D eigenvalue weighted by atomic mass is 9.38. The summed E-state index contributed by atoms with van der Waals surface area (Å²) in [7, 11) is 0. The average molecular weight is 1120 g/mol. The standard InChI is InChI=1S/C55H94O23/c1-23(24-16-17-53(7)31-13-11-25-26(55(31,9)32(59)18-54(24,53)8)12-15-34(52(25,5)6)77-48-44(69)40(65)36(61)28(20-57)73-48)10-14-33(51(2,3)4)76-50-46(78-49-45(70)41(66)37(62)29(21-58)74-49)42(67)38(63)30(75-50)22-71-47-43(68)39(64)35(60)27(19-56)72-47/h11,23-24,26-50,56-70H,10,12-22H2,1-9H3/t23-,24-,26-,27?,28?,29?,30?,31+,32-,33?,34+,35?,36?,37?,38?,39?,40?,41?,42?,43?,44?,45?,46?,47?,48?,49?,50?,53+,54-,55+/m1/s1. The summed E-state index contributed by atoms with van der Waals surface area (Å²) in [6.45, 7) is 16.7. The van der Waals surface area contributed by atoms with Gasteiger partial charge in [-0.25, -0.2) is 0 Å². The minimum atomic E-state index is -1.88. The van der Waals surface area contributed by atoms with Crippen molar-refractivity contribution >= 4 is 0 Å². The molecular weight excluding hydrogens is 1030 g/mol. The zero-order valence-electron chi connectivity index (χ0n) is 46.6. The number of ether oxygens (including phenoxy) is 8. The summed E-state index contributed by atoms with van der Waals surface area (Å²) in [4.78, 5) is 0. The molecule has 4 aliphatic heterocycles. The molecule has 23 heteroatoms. The van der Waals surface area contributed by atoms with Gasteiger partial charge >= 0.3 is 0 Å². The molecule has 3 saturated carbocycles. The highest BCUT2D eigenvalue weighted by molar-refractivity contribution is 5.32. The van der Waals surface area contributed by atoms with Gasteiger partial charge in [0.05, 0.1) is 44.7 Å². The highest BCUT2D eigenvalue weighted by Gasteiger charge is 2.70. The summed E-state index contributed by atoms with van der Waals surface area (Å²) in [6, 6.07) is 0. The first-order valence-corrected chi connectivity index (χ1v) is 28.3. The van der Waals surface area contributed by atoms with Crippen molar-refractivity contribution in [2.75, 3.05) is 26.4 Å². The van der Waals surface area contributed by atoms with E-state index >= 15 is 0 Å². The van der Waals surface area contributed by atoms with Crippen LogP contribution in [-0.4, -0.2) is 244 Å². The van der Waals surface area contributed by atoms with Gasteiger partial charge < -0.3 is 114 Å². The predicted octanol–water partition coefficient (Wildman–Crippen LogP) is -1.96. The number of aliphatic hydroxyl groups excluding tert-OH is 15. The van der Waals surface area contributed by atoms with Gasteiger partial charge in [-0.3, -0.25) is 0 Å². The Kier molecular flexibility index (Phi) is 19.1. The summed E-state index contributed by atoms with van der Waals surface area (Å²) in [5, 5.41) is 161. The summed E-state index contributed by atoms with van der Waals surface area (Å²) < 4.78 is 48.3. The Hall–Kier alpha value is -1.18. The average Bonchev–Trinajstić information content (AvgIpc) is 3.21. The molecule has 0 aromatic carbocycles. The topological polar surface area (TPSA) is 377 Å². The Bertz CT molecular complexity index is 2020. The van der Waals surface area contributed by atoms with Crippen molar-refractivity contribution < 1.29 is 114 Å². The quantitative estimate of drug-likeness (QED) is 0.0747. The van der Waals surface area contributed by atoms with Crippen molar-refractivity contribution in [3.05, 3.63) is 11.6 Å². The molecule has 0 spiro atoms. The maximum Gasteiger partial charge on any atom is 0.187 e. The molecule has 21 unspecified atom stereocenters. The van der Waals surface area contributed by atoms with Crippen molar-refractivity contribution in [1.29, 1.82) is 0 Å². The second-order valence-corrected chi connectivity index (χ2v) is 26.6. The third kappa shape index (κ3) is 11.0. The molecule has 78 heavy (non-hydrogen) atoms. The Morgan fingerprint density at radius 2 is 1.08 bits per heavy atom. The Balaban J connectivity index is 0.987. The van der Waals surface area contributed by atoms with E-state index in [2.05, 4.69) is 47.6 Å². The van der Waals surface area contributed by atoms with Crippen molar-refractivity contribution in [1.82, 2.24) is 0 Å². The largest absolute Gasteiger partial charge is 0.394 e. The van der Waals surface area contributed by atoms with E-state index in [0.717, 1.165) is 19.3 Å². The first-order valence-electron chi connectivity index (χ1n) is 28.3. The number of aliphatic hydroxyl groups is 15. The highest BCUT2D eigenvalue weighted by Crippen LogP contribution is 2.75. The van der Waals surface area contributed by atoms with Crippen molar-refractivity contribution in [2.45, 2.75) is 255 Å². The predicted molar refractivity (Wildman–Crippen MR) is 271 cm³/mol. The fraction of sp³-hybridized carbons (Fsp3) is 0.964. The Labute approximate surface area is 457 Å². The van der Waals surface area contributed by atoms with Gasteiger partial charge in [-0.1, -0.05) is 74.0 Å². The second-order valence-electron chi connectivity index (χ2n) is 26.6. The van der Waals surface area contributed by atoms with E-state index in [1.165, 1.54) is 5.57 Å². The zero-order chi connectivity index (χ0) is 57.5. The lowest BCUT2D eigenvalue weighted by molar-refractivity contribution is -0.379. The van der Waals surface area contributed by atoms with Gasteiger partial charge in [0.1, 0.15) is 97.7 Å². The molecule has 452 valence electrons. The van der Waals surface area contributed by atoms with Gasteiger partial charge in [0.15, 0.2) is 25.2 Å². The normalized spacial score (nSPS) is 51.4. The van der Waals surface area contributed by atoms with Crippen LogP contribution in [0.4, 0.5) is 0 Å². The van der Waals surface area contributed by atoms with Gasteiger partial charge in [0, 0.05) is 10.8 Å². The van der Waals surface area contributed by atoms with E-state index in [4.69, 9.17) is 37.9 Å². The van der Waals surface area contributed by atoms with E-state index in [0.29, 0.717) is 32.1 Å². The molecule has 0 aromatic heterocycles. The Morgan fingerprint density at radius 1 is 0.577 bits per heavy atom. The molecule has 8 aliphatic rings. The van der Waals surface area contributed by atoms with Crippen LogP contribution in [0.15, 0.2) is 11.6 Å². The van der Waals surface area contributed by atoms with Gasteiger partial charge in [0.25, 0.3) is 0 Å². The molecule has 23 nitrogen and oxygen atoms in total. The Morgan fingerprint density at radius 3 is 1.62 bits per heavy atom. The summed E-state index contributed by atoms with van der Waals surface area (Å²) in [6.07, 6.45) is -25.5. The lowest BCUT2D eigenvalue weighted by Gasteiger charge is -2.67. The fourth-order valence-electron chi connectivity index (χ4n) is 15.7. The van der Waals surface area contributed by atoms with Crippen LogP contribution in [0.2, 0.25) is 0 Å². The molecule has 4 heterocycles. The van der Waals surface area contributed by atoms with E-state index < -0.39 is 184 Å². The van der Waals surface area contributed by atoms with E-state index in [-0.39, 0.29) is 34.5 Å². The van der Waals surface area contributed by atoms with E-state index in [9.17, 15) is 76.6 Å². The number of allylic oxidation sites excluding steroid dienone is 1. The molecule has 0 radical (unpaired) electrons. The highest BCUT2D eigenvalue weighted by atomic mass is 16.8. The molecular formula is C55H94O23. The SMILES string of the molecule is C[C@H](CCC(OC1OC(COC2OC(CO)C(O)C(O)C2O)C(O)C(O)C1OC1OC(CO)C(O)C(O)C1O)C(C)(C)C)[C@H]1CC[C@@]2(C)[C@@H]3CC=C4[C@@H](CC[C@H](OC5OC(CO)C(O)C(O)C5O)C4(C)C)[C@]3(C)[C@H](O)C[C@]12C. The number of rotatable bonds is 16. The monoisotopic (exact) mass is 1120 g/mol. The molecule has 15 N–H and O–H groups in total. The van der Waals surface area contributed by atoms with Gasteiger partial charge in [-0.15, -0.1) is 0 Å². The van der Waals surface area contributed by atoms with Crippen LogP contribution in [0.3, 0.4) is 0 Å². The van der Waals surface area contributed by atoms with Crippen LogP contribution in [0.1, 0.15) is 114 Å². The van der Waals surface area contributed by atoms with Crippen LogP contribution in [0.5, 0.6) is 0 Å². The van der Waals surface area contributed by atoms with Crippen molar-refractivity contribution in [3.63, 3.8) is 0 Å². The third-order valence-corrected chi connectivity index (χ3v) is 21.0. The maximum absolute atomic E-state index is 12.7. The van der Waals surface area contributed by atoms with Crippen LogP contribution >= 0.6 is 0 Å². The number of hydrogen-bond donors (Lipinski definition) is 15. The van der Waals surface area contributed by atoms with Crippen LogP contribution in [-0.2, 0) is 37.9 Å². The minimum Gasteiger partial charge on any atom is -0.394 e. The molecule has 0 amide bonds. The van der Waals surface area contributed by atoms with Crippen LogP contribution in [0, 0.1) is 50.7 Å². The molecule has 7 fully saturated rings. The summed E-state index contributed by atoms with van der Waals surface area (Å²) in [5.74, 6) is 0.483. The van der Waals surface area contributed by atoms with Crippen molar-refractivity contribution in [3.8, 4) is 0 Å². The molecule has 30 atom stereocenters. The molecule has 0 bridgehead atoms. The summed E-state index contributed by atoms with van der Waals surface area (Å²) >= 11 is 0. The van der Waals surface area contributed by atoms with Gasteiger partial charge in [-0.2, -0.15) is 0 Å². The molecule has 8 rings (SSSR count). The smallest absolute Gasteiger partial charge is 0.187 e. The van der Waals surface area contributed by atoms with Crippen LogP contribution < -0.4 is 0 Å². The van der Waals surface area contributed by atoms with Gasteiger partial charge in [-0.05, 0) is 91.3 Å². The van der Waals surface area contributed by atoms with E-state index in [1.54, 1.807) is 0 Å². The van der Waals surface area contributed by atoms with E-state index in [1.807, 2.05) is 20.8 Å². The number of hydrogen-bond acceptors (Lipinski definition) is 23.